The maximum Gasteiger partial charge on any atom is 0.286 e. The monoisotopic (exact) mass is 443 g/mol. The quantitative estimate of drug-likeness (QED) is 0.639. The fraction of sp³-hybridized carbons (Fsp3) is 0.391. The predicted octanol–water partition coefficient (Wildman–Crippen LogP) is 4.70. The van der Waals surface area contributed by atoms with Gasteiger partial charge < -0.3 is 15.0 Å². The van der Waals surface area contributed by atoms with Crippen LogP contribution in [0.3, 0.4) is 0 Å². The molecule has 8 heteroatoms. The SMILES string of the molecule is CCCCN1C(CC(C)C)=NS(=O)(=O)c2cc(NC(=O)c3ccc(OC)cc3)ccc21. The van der Waals surface area contributed by atoms with Gasteiger partial charge in [-0.05, 0) is 54.8 Å². The van der Waals surface area contributed by atoms with Gasteiger partial charge in [0, 0.05) is 24.2 Å². The second-order valence-electron chi connectivity index (χ2n) is 7.95. The summed E-state index contributed by atoms with van der Waals surface area (Å²) in [6, 6.07) is 11.7. The molecule has 0 aliphatic carbocycles. The van der Waals surface area contributed by atoms with Crippen molar-refractivity contribution in [2.24, 2.45) is 10.3 Å². The molecule has 1 amide bonds. The molecule has 7 nitrogen and oxygen atoms in total. The largest absolute Gasteiger partial charge is 0.497 e. The Kier molecular flexibility index (Phi) is 7.00. The molecule has 2 aromatic rings. The maximum absolute atomic E-state index is 12.9. The average molecular weight is 444 g/mol. The normalized spacial score (nSPS) is 14.7. The van der Waals surface area contributed by atoms with Crippen molar-refractivity contribution >= 4 is 33.1 Å². The van der Waals surface area contributed by atoms with Gasteiger partial charge >= 0.3 is 0 Å². The Morgan fingerprint density at radius 3 is 2.48 bits per heavy atom. The van der Waals surface area contributed by atoms with E-state index in [0.29, 0.717) is 41.5 Å². The number of fused-ring (bicyclic) bond motifs is 1. The zero-order valence-electron chi connectivity index (χ0n) is 18.4. The van der Waals surface area contributed by atoms with Crippen molar-refractivity contribution in [3.05, 3.63) is 48.0 Å². The molecule has 0 bridgehead atoms. The number of anilines is 2. The second-order valence-corrected chi connectivity index (χ2v) is 9.52. The van der Waals surface area contributed by atoms with Crippen LogP contribution in [-0.4, -0.2) is 33.8 Å². The standard InChI is InChI=1S/C23H29N3O4S/c1-5-6-13-26-20-12-9-18(24-23(27)17-7-10-19(30-4)11-8-17)15-21(20)31(28,29)25-22(26)14-16(2)3/h7-12,15-16H,5-6,13-14H2,1-4H3,(H,24,27). The zero-order valence-corrected chi connectivity index (χ0v) is 19.2. The van der Waals surface area contributed by atoms with Crippen molar-refractivity contribution in [2.45, 2.75) is 44.9 Å². The van der Waals surface area contributed by atoms with E-state index in [1.807, 2.05) is 18.7 Å². The molecule has 2 aromatic carbocycles. The lowest BCUT2D eigenvalue weighted by molar-refractivity contribution is 0.102. The third-order valence-electron chi connectivity index (χ3n) is 5.00. The number of ether oxygens (including phenoxy) is 1. The molecule has 0 aromatic heterocycles. The van der Waals surface area contributed by atoms with Crippen LogP contribution in [-0.2, 0) is 10.0 Å². The van der Waals surface area contributed by atoms with E-state index in [1.54, 1.807) is 43.5 Å². The van der Waals surface area contributed by atoms with Gasteiger partial charge in [-0.1, -0.05) is 27.2 Å². The molecule has 0 saturated heterocycles. The topological polar surface area (TPSA) is 88.1 Å². The molecule has 0 atom stereocenters. The molecule has 0 radical (unpaired) electrons. The molecular weight excluding hydrogens is 414 g/mol. The summed E-state index contributed by atoms with van der Waals surface area (Å²) in [6.45, 7) is 6.88. The van der Waals surface area contributed by atoms with Crippen molar-refractivity contribution in [3.63, 3.8) is 0 Å². The highest BCUT2D eigenvalue weighted by atomic mass is 32.2. The van der Waals surface area contributed by atoms with E-state index < -0.39 is 10.0 Å². The summed E-state index contributed by atoms with van der Waals surface area (Å²) in [5, 5.41) is 2.77. The maximum atomic E-state index is 12.9. The number of nitrogens with one attached hydrogen (secondary N) is 1. The number of rotatable bonds is 8. The lowest BCUT2D eigenvalue weighted by atomic mass is 10.1. The Morgan fingerprint density at radius 2 is 1.87 bits per heavy atom. The highest BCUT2D eigenvalue weighted by Gasteiger charge is 2.31. The van der Waals surface area contributed by atoms with Crippen LogP contribution in [0.25, 0.3) is 0 Å². The molecule has 3 rings (SSSR count). The van der Waals surface area contributed by atoms with Gasteiger partial charge in [-0.25, -0.2) is 0 Å². The third-order valence-corrected chi connectivity index (χ3v) is 6.34. The van der Waals surface area contributed by atoms with Gasteiger partial charge in [0.1, 0.15) is 16.5 Å². The van der Waals surface area contributed by atoms with E-state index in [1.165, 1.54) is 6.07 Å². The lowest BCUT2D eigenvalue weighted by Gasteiger charge is -2.32. The molecule has 1 aliphatic heterocycles. The lowest BCUT2D eigenvalue weighted by Crippen LogP contribution is -2.37. The summed E-state index contributed by atoms with van der Waals surface area (Å²) in [5.74, 6) is 1.18. The molecule has 0 unspecified atom stereocenters. The van der Waals surface area contributed by atoms with Gasteiger partial charge in [0.2, 0.25) is 0 Å². The number of unbranched alkanes of at least 4 members (excludes halogenated alkanes) is 1. The van der Waals surface area contributed by atoms with Crippen molar-refractivity contribution in [2.75, 3.05) is 23.9 Å². The number of nitrogens with zero attached hydrogens (tertiary/aromatic N) is 2. The van der Waals surface area contributed by atoms with E-state index in [2.05, 4.69) is 16.6 Å². The summed E-state index contributed by atoms with van der Waals surface area (Å²) in [6.07, 6.45) is 2.49. The first kappa shape index (κ1) is 22.8. The first-order chi connectivity index (χ1) is 14.7. The van der Waals surface area contributed by atoms with Gasteiger partial charge in [-0.3, -0.25) is 4.79 Å². The molecule has 166 valence electrons. The highest BCUT2D eigenvalue weighted by molar-refractivity contribution is 7.90. The summed E-state index contributed by atoms with van der Waals surface area (Å²) in [7, 11) is -2.29. The molecule has 1 aliphatic rings. The van der Waals surface area contributed by atoms with Crippen LogP contribution < -0.4 is 15.0 Å². The number of amidine groups is 1. The third kappa shape index (κ3) is 5.25. The Morgan fingerprint density at radius 1 is 1.16 bits per heavy atom. The van der Waals surface area contributed by atoms with E-state index in [0.717, 1.165) is 12.8 Å². The minimum absolute atomic E-state index is 0.114. The number of sulfonamides is 1. The van der Waals surface area contributed by atoms with Crippen molar-refractivity contribution < 1.29 is 17.9 Å². The van der Waals surface area contributed by atoms with Crippen molar-refractivity contribution in [1.29, 1.82) is 0 Å². The molecule has 1 heterocycles. The molecule has 1 N–H and O–H groups in total. The number of benzene rings is 2. The number of amides is 1. The smallest absolute Gasteiger partial charge is 0.286 e. The van der Waals surface area contributed by atoms with Crippen LogP contribution in [0.15, 0.2) is 51.8 Å². The number of carbonyl (C=O) groups is 1. The Hall–Kier alpha value is -2.87. The van der Waals surface area contributed by atoms with Crippen LogP contribution >= 0.6 is 0 Å². The van der Waals surface area contributed by atoms with Crippen LogP contribution in [0, 0.1) is 5.92 Å². The van der Waals surface area contributed by atoms with Crippen LogP contribution in [0.4, 0.5) is 11.4 Å². The van der Waals surface area contributed by atoms with E-state index in [9.17, 15) is 13.2 Å². The van der Waals surface area contributed by atoms with E-state index >= 15 is 0 Å². The number of hydrogen-bond acceptors (Lipinski definition) is 5. The Bertz CT molecular complexity index is 1080. The molecule has 0 fully saturated rings. The molecule has 0 saturated carbocycles. The molecule has 31 heavy (non-hydrogen) atoms. The average Bonchev–Trinajstić information content (AvgIpc) is 2.73. The minimum atomic E-state index is -3.85. The van der Waals surface area contributed by atoms with Crippen molar-refractivity contribution in [1.82, 2.24) is 0 Å². The minimum Gasteiger partial charge on any atom is -0.497 e. The summed E-state index contributed by atoms with van der Waals surface area (Å²) in [4.78, 5) is 14.7. The fourth-order valence-electron chi connectivity index (χ4n) is 3.42. The first-order valence-electron chi connectivity index (χ1n) is 10.5. The van der Waals surface area contributed by atoms with Crippen LogP contribution in [0.2, 0.25) is 0 Å². The van der Waals surface area contributed by atoms with Gasteiger partial charge in [0.05, 0.1) is 12.8 Å². The number of hydrogen-bond donors (Lipinski definition) is 1. The second kappa shape index (κ2) is 9.51. The Balaban J connectivity index is 1.92. The summed E-state index contributed by atoms with van der Waals surface area (Å²) >= 11 is 0. The number of methoxy groups -OCH3 is 1. The van der Waals surface area contributed by atoms with E-state index in [-0.39, 0.29) is 16.7 Å². The fourth-order valence-corrected chi connectivity index (χ4v) is 4.69. The Labute approximate surface area is 184 Å². The van der Waals surface area contributed by atoms with Crippen molar-refractivity contribution in [3.8, 4) is 5.75 Å². The van der Waals surface area contributed by atoms with Gasteiger partial charge in [-0.15, -0.1) is 4.40 Å². The first-order valence-corrected chi connectivity index (χ1v) is 11.9. The van der Waals surface area contributed by atoms with Gasteiger partial charge in [-0.2, -0.15) is 8.42 Å². The molecular formula is C23H29N3O4S. The van der Waals surface area contributed by atoms with Gasteiger partial charge in [0.15, 0.2) is 0 Å². The molecule has 0 spiro atoms. The number of carbonyl (C=O) groups excluding carboxylic acids is 1. The van der Waals surface area contributed by atoms with Crippen LogP contribution in [0.1, 0.15) is 50.4 Å². The summed E-state index contributed by atoms with van der Waals surface area (Å²) in [5.41, 5.74) is 1.46. The van der Waals surface area contributed by atoms with Gasteiger partial charge in [0.25, 0.3) is 15.9 Å². The highest BCUT2D eigenvalue weighted by Crippen LogP contribution is 2.35. The van der Waals surface area contributed by atoms with E-state index in [4.69, 9.17) is 4.74 Å². The van der Waals surface area contributed by atoms with Crippen LogP contribution in [0.5, 0.6) is 5.75 Å². The summed E-state index contributed by atoms with van der Waals surface area (Å²) < 4.78 is 35.1. The predicted molar refractivity (Wildman–Crippen MR) is 124 cm³/mol. The zero-order chi connectivity index (χ0) is 22.6.